The molecule has 0 bridgehead atoms. The third kappa shape index (κ3) is 8.31. The number of allylic oxidation sites excluding steroid dienone is 9. The fourth-order valence-corrected chi connectivity index (χ4v) is 6.49. The van der Waals surface area contributed by atoms with Gasteiger partial charge in [-0.2, -0.15) is 5.23 Å². The topological polar surface area (TPSA) is 193 Å². The number of nitrogens with zero attached hydrogens (tertiary/aromatic N) is 1. The highest BCUT2D eigenvalue weighted by Crippen LogP contribution is 2.54. The molecular formula is C36H55N3O10. The summed E-state index contributed by atoms with van der Waals surface area (Å²) < 4.78 is 10.9. The molecule has 49 heavy (non-hydrogen) atoms. The van der Waals surface area contributed by atoms with Crippen molar-refractivity contribution in [2.75, 3.05) is 20.7 Å². The summed E-state index contributed by atoms with van der Waals surface area (Å²) in [6, 6.07) is 0. The van der Waals surface area contributed by atoms with Crippen molar-refractivity contribution < 1.29 is 49.6 Å². The Balaban J connectivity index is 1.94. The Hall–Kier alpha value is -3.43. The van der Waals surface area contributed by atoms with Crippen LogP contribution in [-0.4, -0.2) is 99.5 Å². The fraction of sp³-hybridized carbons (Fsp3) is 0.583. The second kappa shape index (κ2) is 17.0. The van der Waals surface area contributed by atoms with Crippen LogP contribution in [0.1, 0.15) is 61.8 Å². The van der Waals surface area contributed by atoms with Crippen LogP contribution < -0.4 is 10.5 Å². The second-order valence-electron chi connectivity index (χ2n) is 13.6. The Morgan fingerprint density at radius 3 is 2.33 bits per heavy atom. The normalized spacial score (nSPS) is 28.7. The highest BCUT2D eigenvalue weighted by atomic mass is 16.8. The van der Waals surface area contributed by atoms with Gasteiger partial charge >= 0.3 is 5.97 Å². The molecule has 9 atom stereocenters. The van der Waals surface area contributed by atoms with Crippen molar-refractivity contribution in [1.82, 2.24) is 10.2 Å². The van der Waals surface area contributed by atoms with Crippen molar-refractivity contribution in [3.05, 3.63) is 76.7 Å². The Morgan fingerprint density at radius 2 is 1.78 bits per heavy atom. The van der Waals surface area contributed by atoms with E-state index >= 15 is 0 Å². The number of quaternary nitrogens is 1. The van der Waals surface area contributed by atoms with Crippen molar-refractivity contribution in [2.24, 2.45) is 17.3 Å². The Morgan fingerprint density at radius 1 is 1.14 bits per heavy atom. The summed E-state index contributed by atoms with van der Waals surface area (Å²) in [6.45, 7) is 13.4. The van der Waals surface area contributed by atoms with Crippen LogP contribution in [0.3, 0.4) is 0 Å². The lowest BCUT2D eigenvalue weighted by atomic mass is 9.65. The molecule has 2 aliphatic rings. The molecule has 0 aliphatic carbocycles. The van der Waals surface area contributed by atoms with E-state index in [2.05, 4.69) is 5.32 Å². The van der Waals surface area contributed by atoms with Gasteiger partial charge in [-0.1, -0.05) is 68.5 Å². The first-order chi connectivity index (χ1) is 22.7. The number of esters is 1. The van der Waals surface area contributed by atoms with Crippen molar-refractivity contribution >= 4 is 17.8 Å². The summed E-state index contributed by atoms with van der Waals surface area (Å²) in [5.74, 6) is -2.80. The lowest BCUT2D eigenvalue weighted by Crippen LogP contribution is -3.02. The highest BCUT2D eigenvalue weighted by Gasteiger charge is 2.80. The van der Waals surface area contributed by atoms with E-state index in [-0.39, 0.29) is 30.5 Å². The lowest BCUT2D eigenvalue weighted by molar-refractivity contribution is -1.01. The maximum atomic E-state index is 12.9. The maximum absolute atomic E-state index is 12.9. The summed E-state index contributed by atoms with van der Waals surface area (Å²) in [6.07, 6.45) is 11.4. The van der Waals surface area contributed by atoms with Gasteiger partial charge in [0.15, 0.2) is 0 Å². The van der Waals surface area contributed by atoms with Gasteiger partial charge in [-0.25, -0.2) is 10.0 Å². The molecule has 0 saturated carbocycles. The van der Waals surface area contributed by atoms with Crippen molar-refractivity contribution in [3.8, 4) is 0 Å². The number of nitrogens with one attached hydrogen (secondary N) is 2. The molecule has 13 heteroatoms. The highest BCUT2D eigenvalue weighted by molar-refractivity contribution is 5.99. The van der Waals surface area contributed by atoms with Crippen molar-refractivity contribution in [1.29, 1.82) is 0 Å². The van der Waals surface area contributed by atoms with E-state index in [4.69, 9.17) is 14.7 Å². The zero-order chi connectivity index (χ0) is 37.5. The summed E-state index contributed by atoms with van der Waals surface area (Å²) in [4.78, 5) is 39.8. The quantitative estimate of drug-likeness (QED) is 0.0789. The van der Waals surface area contributed by atoms with E-state index in [9.17, 15) is 34.9 Å². The lowest BCUT2D eigenvalue weighted by Gasteiger charge is -2.55. The number of amides is 2. The first kappa shape index (κ1) is 41.7. The summed E-state index contributed by atoms with van der Waals surface area (Å²) in [5.41, 5.74) is -3.14. The van der Waals surface area contributed by atoms with E-state index in [0.29, 0.717) is 11.1 Å². The standard InChI is InChI=1S/C36H55N3O10/c1-22(26(5)39(46)47)17-13-11-14-18-23(2)30(41)34(7,8)32(43)37-20-16-12-15-19-28(40)24(3)21-29(48-10)36(45)25(4)31(42)38(9)35(36)27(6)49-33(35)44/h11-19,24-25,27-30,39-41,45-46H,20-21H2,1-10H3,(H,37,43)/b14-11+,16-12?,17-13+,19-15+,23-18+,26-22+/t24-,25+,27-,28+,29+,30-,35-,36-/m1/s1. The molecule has 2 heterocycles. The molecule has 2 fully saturated rings. The van der Waals surface area contributed by atoms with E-state index in [1.54, 1.807) is 103 Å². The van der Waals surface area contributed by atoms with Gasteiger partial charge in [0.2, 0.25) is 17.4 Å². The van der Waals surface area contributed by atoms with Gasteiger partial charge in [0.25, 0.3) is 0 Å². The Labute approximate surface area is 289 Å². The number of aliphatic hydroxyl groups excluding tert-OH is 2. The average Bonchev–Trinajstić information content (AvgIpc) is 3.22. The van der Waals surface area contributed by atoms with Crippen molar-refractivity contribution in [3.63, 3.8) is 0 Å². The maximum Gasteiger partial charge on any atom is 0.339 e. The molecule has 13 nitrogen and oxygen atoms in total. The molecule has 1 unspecified atom stereocenters. The first-order valence-electron chi connectivity index (χ1n) is 16.4. The van der Waals surface area contributed by atoms with E-state index in [1.807, 2.05) is 0 Å². The number of likely N-dealkylation sites (tertiary alicyclic amines) is 1. The molecule has 1 spiro atoms. The van der Waals surface area contributed by atoms with Crippen molar-refractivity contribution in [2.45, 2.75) is 97.4 Å². The molecule has 2 rings (SSSR count). The third-order valence-electron chi connectivity index (χ3n) is 10.1. The van der Waals surface area contributed by atoms with Crippen LogP contribution in [0.25, 0.3) is 0 Å². The number of carbonyl (C=O) groups excluding carboxylic acids is 3. The number of hydroxylamine groups is 2. The molecular weight excluding hydrogens is 634 g/mol. The number of likely N-dealkylation sites (N-methyl/N-ethyl adjacent to an activating group) is 1. The number of cyclic esters (lactones) is 1. The smallest absolute Gasteiger partial charge is 0.339 e. The fourth-order valence-electron chi connectivity index (χ4n) is 6.49. The van der Waals surface area contributed by atoms with Crippen LogP contribution in [0.5, 0.6) is 0 Å². The van der Waals surface area contributed by atoms with Crippen LogP contribution in [0.4, 0.5) is 0 Å². The van der Waals surface area contributed by atoms with E-state index in [1.165, 1.54) is 26.0 Å². The van der Waals surface area contributed by atoms with Crippen LogP contribution in [0, 0.1) is 22.5 Å². The number of aliphatic hydroxyl groups is 3. The number of rotatable bonds is 16. The molecule has 2 amide bonds. The second-order valence-corrected chi connectivity index (χ2v) is 13.6. The van der Waals surface area contributed by atoms with Gasteiger partial charge in [-0.05, 0) is 52.5 Å². The summed E-state index contributed by atoms with van der Waals surface area (Å²) >= 11 is 0. The van der Waals surface area contributed by atoms with Gasteiger partial charge in [-0.3, -0.25) is 9.59 Å². The molecule has 2 saturated heterocycles. The molecule has 0 aromatic carbocycles. The molecule has 6 N–H and O–H groups in total. The van der Waals surface area contributed by atoms with Gasteiger partial charge < -0.3 is 40.2 Å². The minimum Gasteiger partial charge on any atom is -0.595 e. The first-order valence-corrected chi connectivity index (χ1v) is 16.4. The zero-order valence-electron chi connectivity index (χ0n) is 30.3. The minimum atomic E-state index is -1.87. The number of methoxy groups -OCH3 is 1. The van der Waals surface area contributed by atoms with Gasteiger partial charge in [0.1, 0.15) is 17.4 Å². The average molecular weight is 690 g/mol. The van der Waals surface area contributed by atoms with Crippen LogP contribution in [-0.2, 0) is 23.9 Å². The number of hydrogen-bond donors (Lipinski definition) is 6. The predicted octanol–water partition coefficient (Wildman–Crippen LogP) is 1.65. The SMILES string of the molecule is CO[C@@H](C[C@@H](C)[C@@H](O)/C=C/C=CCNC(=O)C(C)(C)[C@H](O)/C(C)=C/C=C/C=C/C(C)=C(\C)[NH+]([O-])O)[C@]1(O)[C@@H](C)C(=O)N(C)[C@]12C(=O)O[C@@H]2C. The molecule has 0 aromatic rings. The predicted molar refractivity (Wildman–Crippen MR) is 183 cm³/mol. The molecule has 0 aromatic heterocycles. The minimum absolute atomic E-state index is 0.146. The number of ether oxygens (including phenoxy) is 2. The molecule has 0 radical (unpaired) electrons. The van der Waals surface area contributed by atoms with Gasteiger partial charge in [-0.15, -0.1) is 0 Å². The Bertz CT molecular complexity index is 1400. The molecule has 274 valence electrons. The summed E-state index contributed by atoms with van der Waals surface area (Å²) in [5, 5.41) is 55.5. The van der Waals surface area contributed by atoms with Gasteiger partial charge in [0.05, 0.1) is 29.6 Å². The van der Waals surface area contributed by atoms with Gasteiger partial charge in [0, 0.05) is 33.2 Å². The van der Waals surface area contributed by atoms with E-state index < -0.39 is 64.0 Å². The van der Waals surface area contributed by atoms with E-state index in [0.717, 1.165) is 0 Å². The van der Waals surface area contributed by atoms with Crippen LogP contribution >= 0.6 is 0 Å². The Kier molecular flexibility index (Phi) is 14.5. The number of hydrogen-bond acceptors (Lipinski definition) is 10. The monoisotopic (exact) mass is 689 g/mol. The zero-order valence-corrected chi connectivity index (χ0v) is 30.3. The largest absolute Gasteiger partial charge is 0.595 e. The third-order valence-corrected chi connectivity index (χ3v) is 10.1. The molecule has 2 aliphatic heterocycles. The summed E-state index contributed by atoms with van der Waals surface area (Å²) in [7, 11) is 2.87. The van der Waals surface area contributed by atoms with Crippen LogP contribution in [0.2, 0.25) is 0 Å². The number of carbonyl (C=O) groups is 3. The van der Waals surface area contributed by atoms with Crippen LogP contribution in [0.15, 0.2) is 71.5 Å².